The van der Waals surface area contributed by atoms with Gasteiger partial charge in [-0.15, -0.1) is 0 Å². The number of halogens is 1. The third kappa shape index (κ3) is 1.36. The molecular formula is C8H8ClN. The first-order valence-electron chi connectivity index (χ1n) is 2.97. The first kappa shape index (κ1) is 7.29. The predicted molar refractivity (Wildman–Crippen MR) is 45.4 cm³/mol. The number of benzene rings is 1. The van der Waals surface area contributed by atoms with Gasteiger partial charge in [-0.25, -0.2) is 0 Å². The van der Waals surface area contributed by atoms with Gasteiger partial charge in [0.1, 0.15) is 0 Å². The van der Waals surface area contributed by atoms with E-state index in [2.05, 4.69) is 11.7 Å². The third-order valence-corrected chi connectivity index (χ3v) is 1.58. The quantitative estimate of drug-likeness (QED) is 0.550. The van der Waals surface area contributed by atoms with Crippen LogP contribution in [0.2, 0.25) is 5.02 Å². The summed E-state index contributed by atoms with van der Waals surface area (Å²) >= 11 is 5.71. The summed E-state index contributed by atoms with van der Waals surface area (Å²) in [5.41, 5.74) is 1.95. The Morgan fingerprint density at radius 3 is 2.70 bits per heavy atom. The lowest BCUT2D eigenvalue weighted by atomic mass is 10.2. The Kier molecular flexibility index (Phi) is 2.07. The van der Waals surface area contributed by atoms with Gasteiger partial charge in [0.25, 0.3) is 0 Å². The molecule has 0 heterocycles. The standard InChI is InChI=1S/C8H8ClN/c1-6-3-4-7(9)5-8(6)10-2/h3-5H,2H2,1H3. The molecular weight excluding hydrogens is 146 g/mol. The molecule has 1 nitrogen and oxygen atoms in total. The Morgan fingerprint density at radius 2 is 2.20 bits per heavy atom. The van der Waals surface area contributed by atoms with Gasteiger partial charge in [-0.05, 0) is 31.3 Å². The Labute approximate surface area is 65.4 Å². The van der Waals surface area contributed by atoms with Gasteiger partial charge in [0, 0.05) is 5.02 Å². The number of hydrogen-bond donors (Lipinski definition) is 0. The molecule has 52 valence electrons. The van der Waals surface area contributed by atoms with Crippen molar-refractivity contribution in [3.8, 4) is 0 Å². The second kappa shape index (κ2) is 2.84. The first-order chi connectivity index (χ1) is 4.74. The highest BCUT2D eigenvalue weighted by molar-refractivity contribution is 6.30. The lowest BCUT2D eigenvalue weighted by Gasteiger charge is -1.97. The van der Waals surface area contributed by atoms with E-state index < -0.39 is 0 Å². The van der Waals surface area contributed by atoms with Crippen LogP contribution in [-0.4, -0.2) is 6.72 Å². The van der Waals surface area contributed by atoms with Crippen LogP contribution < -0.4 is 0 Å². The molecule has 1 rings (SSSR count). The summed E-state index contributed by atoms with van der Waals surface area (Å²) in [5, 5.41) is 0.702. The van der Waals surface area contributed by atoms with Crippen LogP contribution in [-0.2, 0) is 0 Å². The van der Waals surface area contributed by atoms with Gasteiger partial charge in [0.2, 0.25) is 0 Å². The molecule has 0 atom stereocenters. The van der Waals surface area contributed by atoms with Crippen molar-refractivity contribution in [3.63, 3.8) is 0 Å². The molecule has 0 aromatic heterocycles. The summed E-state index contributed by atoms with van der Waals surface area (Å²) in [6, 6.07) is 5.56. The molecule has 0 aliphatic heterocycles. The van der Waals surface area contributed by atoms with Crippen molar-refractivity contribution in [1.82, 2.24) is 0 Å². The summed E-state index contributed by atoms with van der Waals surface area (Å²) in [6.45, 7) is 5.40. The number of aliphatic imine (C=N–C) groups is 1. The van der Waals surface area contributed by atoms with Crippen molar-refractivity contribution < 1.29 is 0 Å². The van der Waals surface area contributed by atoms with Crippen molar-refractivity contribution in [3.05, 3.63) is 28.8 Å². The minimum Gasteiger partial charge on any atom is -0.264 e. The van der Waals surface area contributed by atoms with Crippen molar-refractivity contribution in [1.29, 1.82) is 0 Å². The maximum atomic E-state index is 5.71. The Morgan fingerprint density at radius 1 is 1.50 bits per heavy atom. The van der Waals surface area contributed by atoms with E-state index in [-0.39, 0.29) is 0 Å². The highest BCUT2D eigenvalue weighted by Crippen LogP contribution is 2.21. The number of hydrogen-bond acceptors (Lipinski definition) is 1. The zero-order chi connectivity index (χ0) is 7.56. The highest BCUT2D eigenvalue weighted by atomic mass is 35.5. The summed E-state index contributed by atoms with van der Waals surface area (Å²) in [4.78, 5) is 3.80. The Hall–Kier alpha value is -0.820. The highest BCUT2D eigenvalue weighted by Gasteiger charge is 1.94. The fraction of sp³-hybridized carbons (Fsp3) is 0.125. The summed E-state index contributed by atoms with van der Waals surface area (Å²) in [6.07, 6.45) is 0. The van der Waals surface area contributed by atoms with Gasteiger partial charge in [-0.2, -0.15) is 0 Å². The molecule has 0 amide bonds. The van der Waals surface area contributed by atoms with Crippen molar-refractivity contribution in [2.75, 3.05) is 0 Å². The van der Waals surface area contributed by atoms with E-state index in [4.69, 9.17) is 11.6 Å². The third-order valence-electron chi connectivity index (χ3n) is 1.34. The van der Waals surface area contributed by atoms with E-state index >= 15 is 0 Å². The van der Waals surface area contributed by atoms with Gasteiger partial charge < -0.3 is 0 Å². The van der Waals surface area contributed by atoms with Crippen LogP contribution in [0.1, 0.15) is 5.56 Å². The van der Waals surface area contributed by atoms with Crippen LogP contribution in [0.15, 0.2) is 23.2 Å². The number of rotatable bonds is 1. The zero-order valence-electron chi connectivity index (χ0n) is 5.76. The van der Waals surface area contributed by atoms with E-state index in [1.807, 2.05) is 19.1 Å². The molecule has 0 unspecified atom stereocenters. The molecule has 1 aromatic rings. The molecule has 0 radical (unpaired) electrons. The smallest absolute Gasteiger partial charge is 0.0666 e. The fourth-order valence-corrected chi connectivity index (χ4v) is 0.919. The predicted octanol–water partition coefficient (Wildman–Crippen LogP) is 2.98. The fourth-order valence-electron chi connectivity index (χ4n) is 0.753. The Bertz CT molecular complexity index is 255. The Balaban J connectivity index is 3.21. The second-order valence-corrected chi connectivity index (χ2v) is 2.53. The van der Waals surface area contributed by atoms with Crippen LogP contribution >= 0.6 is 11.6 Å². The number of aryl methyl sites for hydroxylation is 1. The lowest BCUT2D eigenvalue weighted by Crippen LogP contribution is -1.72. The number of nitrogens with zero attached hydrogens (tertiary/aromatic N) is 1. The molecule has 0 saturated carbocycles. The SMILES string of the molecule is C=Nc1cc(Cl)ccc1C. The monoisotopic (exact) mass is 153 g/mol. The maximum absolute atomic E-state index is 5.71. The molecule has 0 spiro atoms. The van der Waals surface area contributed by atoms with E-state index in [1.165, 1.54) is 0 Å². The molecule has 1 aromatic carbocycles. The molecule has 0 N–H and O–H groups in total. The summed E-state index contributed by atoms with van der Waals surface area (Å²) in [5.74, 6) is 0. The van der Waals surface area contributed by atoms with E-state index in [0.717, 1.165) is 11.3 Å². The van der Waals surface area contributed by atoms with Crippen LogP contribution in [0, 0.1) is 6.92 Å². The van der Waals surface area contributed by atoms with Crippen LogP contribution in [0.5, 0.6) is 0 Å². The molecule has 0 aliphatic carbocycles. The van der Waals surface area contributed by atoms with Crippen molar-refractivity contribution in [2.24, 2.45) is 4.99 Å². The van der Waals surface area contributed by atoms with E-state index in [9.17, 15) is 0 Å². The summed E-state index contributed by atoms with van der Waals surface area (Å²) < 4.78 is 0. The minimum atomic E-state index is 0.702. The van der Waals surface area contributed by atoms with Crippen LogP contribution in [0.4, 0.5) is 5.69 Å². The molecule has 2 heteroatoms. The largest absolute Gasteiger partial charge is 0.264 e. The molecule has 10 heavy (non-hydrogen) atoms. The van der Waals surface area contributed by atoms with Gasteiger partial charge in [0.15, 0.2) is 0 Å². The van der Waals surface area contributed by atoms with E-state index in [1.54, 1.807) is 6.07 Å². The molecule has 0 aliphatic rings. The maximum Gasteiger partial charge on any atom is 0.0666 e. The summed E-state index contributed by atoms with van der Waals surface area (Å²) in [7, 11) is 0. The van der Waals surface area contributed by atoms with Gasteiger partial charge in [-0.1, -0.05) is 17.7 Å². The lowest BCUT2D eigenvalue weighted by molar-refractivity contribution is 1.41. The average molecular weight is 154 g/mol. The average Bonchev–Trinajstić information content (AvgIpc) is 1.94. The van der Waals surface area contributed by atoms with Gasteiger partial charge >= 0.3 is 0 Å². The molecule has 0 fully saturated rings. The van der Waals surface area contributed by atoms with Crippen molar-refractivity contribution in [2.45, 2.75) is 6.92 Å². The zero-order valence-corrected chi connectivity index (χ0v) is 6.52. The topological polar surface area (TPSA) is 12.4 Å². The molecule has 0 bridgehead atoms. The van der Waals surface area contributed by atoms with Gasteiger partial charge in [-0.3, -0.25) is 4.99 Å². The van der Waals surface area contributed by atoms with Gasteiger partial charge in [0.05, 0.1) is 5.69 Å². The van der Waals surface area contributed by atoms with Crippen molar-refractivity contribution >= 4 is 24.0 Å². The second-order valence-electron chi connectivity index (χ2n) is 2.09. The molecule has 0 saturated heterocycles. The first-order valence-corrected chi connectivity index (χ1v) is 3.34. The van der Waals surface area contributed by atoms with E-state index in [0.29, 0.717) is 5.02 Å². The minimum absolute atomic E-state index is 0.702. The van der Waals surface area contributed by atoms with Crippen LogP contribution in [0.3, 0.4) is 0 Å². The normalized spacial score (nSPS) is 9.40. The van der Waals surface area contributed by atoms with Crippen LogP contribution in [0.25, 0.3) is 0 Å².